The third-order valence-electron chi connectivity index (χ3n) is 1.90. The van der Waals surface area contributed by atoms with Crippen molar-refractivity contribution in [1.29, 1.82) is 0 Å². The molecule has 16 heavy (non-hydrogen) atoms. The molecule has 0 saturated carbocycles. The Bertz CT molecular complexity index is 338. The number of hydrogen-bond donors (Lipinski definition) is 1. The van der Waals surface area contributed by atoms with Gasteiger partial charge in [-0.3, -0.25) is 0 Å². The minimum Gasteiger partial charge on any atom is -0.383 e. The van der Waals surface area contributed by atoms with Crippen LogP contribution >= 0.6 is 15.9 Å². The van der Waals surface area contributed by atoms with Gasteiger partial charge in [0, 0.05) is 26.3 Å². The number of anilines is 2. The fraction of sp³-hybridized carbons (Fsp3) is 0.400. The molecule has 0 saturated heterocycles. The molecule has 0 aliphatic rings. The maximum atomic E-state index is 5.66. The van der Waals surface area contributed by atoms with Gasteiger partial charge < -0.3 is 15.4 Å². The highest BCUT2D eigenvalue weighted by molar-refractivity contribution is 9.10. The lowest BCUT2D eigenvalue weighted by Crippen LogP contribution is -2.29. The molecule has 0 aliphatic heterocycles. The first-order chi connectivity index (χ1) is 7.67. The first-order valence-electron chi connectivity index (χ1n) is 4.82. The predicted octanol–water partition coefficient (Wildman–Crippen LogP) is 1.46. The summed E-state index contributed by atoms with van der Waals surface area (Å²) < 4.78 is 5.69. The highest BCUT2D eigenvalue weighted by atomic mass is 79.9. The maximum Gasteiger partial charge on any atom is 0.228 e. The van der Waals surface area contributed by atoms with Crippen LogP contribution in [0.3, 0.4) is 0 Å². The van der Waals surface area contributed by atoms with Gasteiger partial charge in [0.25, 0.3) is 0 Å². The van der Waals surface area contributed by atoms with Crippen molar-refractivity contribution < 1.29 is 4.74 Å². The van der Waals surface area contributed by atoms with Crippen LogP contribution < -0.4 is 10.6 Å². The average Bonchev–Trinajstić information content (AvgIpc) is 2.22. The molecule has 1 heterocycles. The number of methoxy groups -OCH3 is 1. The summed E-state index contributed by atoms with van der Waals surface area (Å²) >= 11 is 3.29. The molecule has 1 aromatic rings. The van der Waals surface area contributed by atoms with E-state index in [1.807, 2.05) is 4.90 Å². The largest absolute Gasteiger partial charge is 0.383 e. The number of halogens is 1. The van der Waals surface area contributed by atoms with Crippen molar-refractivity contribution in [3.05, 3.63) is 23.3 Å². The molecule has 6 heteroatoms. The smallest absolute Gasteiger partial charge is 0.228 e. The van der Waals surface area contributed by atoms with Crippen molar-refractivity contribution >= 4 is 27.7 Å². The molecule has 0 amide bonds. The number of nitrogen functional groups attached to an aromatic ring is 1. The highest BCUT2D eigenvalue weighted by Gasteiger charge is 2.09. The minimum absolute atomic E-state index is 0.434. The zero-order valence-corrected chi connectivity index (χ0v) is 10.8. The van der Waals surface area contributed by atoms with Gasteiger partial charge in [-0.05, 0) is 15.9 Å². The Balaban J connectivity index is 2.86. The van der Waals surface area contributed by atoms with Crippen LogP contribution in [-0.4, -0.2) is 36.8 Å². The Labute approximate surface area is 103 Å². The molecule has 2 N–H and O–H groups in total. The van der Waals surface area contributed by atoms with Crippen LogP contribution in [0, 0.1) is 0 Å². The highest BCUT2D eigenvalue weighted by Crippen LogP contribution is 2.15. The van der Waals surface area contributed by atoms with E-state index in [0.29, 0.717) is 36.1 Å². The van der Waals surface area contributed by atoms with Gasteiger partial charge in [-0.2, -0.15) is 4.98 Å². The first-order valence-corrected chi connectivity index (χ1v) is 5.61. The first kappa shape index (κ1) is 12.9. The van der Waals surface area contributed by atoms with E-state index in [-0.39, 0.29) is 0 Å². The van der Waals surface area contributed by atoms with Crippen molar-refractivity contribution in [2.45, 2.75) is 0 Å². The van der Waals surface area contributed by atoms with Crippen LogP contribution in [-0.2, 0) is 4.74 Å². The van der Waals surface area contributed by atoms with E-state index in [1.165, 1.54) is 0 Å². The van der Waals surface area contributed by atoms with Gasteiger partial charge in [-0.1, -0.05) is 6.08 Å². The topological polar surface area (TPSA) is 64.3 Å². The Hall–Kier alpha value is -1.14. The fourth-order valence-corrected chi connectivity index (χ4v) is 1.59. The van der Waals surface area contributed by atoms with Gasteiger partial charge in [0.1, 0.15) is 10.4 Å². The van der Waals surface area contributed by atoms with Gasteiger partial charge in [0.15, 0.2) is 0 Å². The molecular formula is C10H15BrN4O. The third-order valence-corrected chi connectivity index (χ3v) is 2.31. The molecule has 88 valence electrons. The molecular weight excluding hydrogens is 272 g/mol. The summed E-state index contributed by atoms with van der Waals surface area (Å²) in [6.45, 7) is 5.64. The molecule has 5 nitrogen and oxygen atoms in total. The molecule has 1 aromatic heterocycles. The molecule has 0 aliphatic carbocycles. The van der Waals surface area contributed by atoms with Gasteiger partial charge >= 0.3 is 0 Å². The molecule has 0 spiro atoms. The van der Waals surface area contributed by atoms with Crippen molar-refractivity contribution in [2.75, 3.05) is 37.4 Å². The summed E-state index contributed by atoms with van der Waals surface area (Å²) in [7, 11) is 1.65. The van der Waals surface area contributed by atoms with Crippen molar-refractivity contribution in [2.24, 2.45) is 0 Å². The van der Waals surface area contributed by atoms with Crippen molar-refractivity contribution in [3.63, 3.8) is 0 Å². The lowest BCUT2D eigenvalue weighted by molar-refractivity contribution is 0.205. The van der Waals surface area contributed by atoms with Crippen LogP contribution in [0.15, 0.2) is 23.3 Å². The Morgan fingerprint density at radius 1 is 1.62 bits per heavy atom. The van der Waals surface area contributed by atoms with Crippen LogP contribution in [0.1, 0.15) is 0 Å². The molecule has 1 rings (SSSR count). The normalized spacial score (nSPS) is 10.1. The molecule has 0 fully saturated rings. The van der Waals surface area contributed by atoms with Crippen LogP contribution in [0.5, 0.6) is 0 Å². The summed E-state index contributed by atoms with van der Waals surface area (Å²) in [4.78, 5) is 10.4. The second-order valence-electron chi connectivity index (χ2n) is 3.14. The quantitative estimate of drug-likeness (QED) is 0.634. The van der Waals surface area contributed by atoms with Gasteiger partial charge in [0.2, 0.25) is 5.95 Å². The van der Waals surface area contributed by atoms with E-state index in [1.54, 1.807) is 19.3 Å². The maximum absolute atomic E-state index is 5.66. The number of ether oxygens (including phenoxy) is 1. The summed E-state index contributed by atoms with van der Waals surface area (Å²) in [5.74, 6) is 1.01. The van der Waals surface area contributed by atoms with Crippen molar-refractivity contribution in [1.82, 2.24) is 9.97 Å². The van der Waals surface area contributed by atoms with Gasteiger partial charge in [-0.25, -0.2) is 4.98 Å². The second-order valence-corrected chi connectivity index (χ2v) is 3.96. The lowest BCUT2D eigenvalue weighted by atomic mass is 10.5. The zero-order chi connectivity index (χ0) is 12.0. The fourth-order valence-electron chi connectivity index (χ4n) is 1.19. The average molecular weight is 287 g/mol. The van der Waals surface area contributed by atoms with E-state index in [9.17, 15) is 0 Å². The zero-order valence-electron chi connectivity index (χ0n) is 9.19. The third kappa shape index (κ3) is 3.79. The SMILES string of the molecule is C=CCN(CCOC)c1nc(N)cc(Br)n1. The summed E-state index contributed by atoms with van der Waals surface area (Å²) in [6, 6.07) is 1.66. The number of nitrogens with zero attached hydrogens (tertiary/aromatic N) is 3. The standard InChI is InChI=1S/C10H15BrN4O/c1-3-4-15(5-6-16-2)10-13-8(11)7-9(12)14-10/h3,7H,1,4-6H2,2H3,(H2,12,13,14). The van der Waals surface area contributed by atoms with Crippen LogP contribution in [0.2, 0.25) is 0 Å². The minimum atomic E-state index is 0.434. The summed E-state index contributed by atoms with van der Waals surface area (Å²) in [6.07, 6.45) is 1.79. The molecule has 0 bridgehead atoms. The lowest BCUT2D eigenvalue weighted by Gasteiger charge is -2.20. The number of nitrogens with two attached hydrogens (primary N) is 1. The Morgan fingerprint density at radius 3 is 2.94 bits per heavy atom. The predicted molar refractivity (Wildman–Crippen MR) is 68.4 cm³/mol. The van der Waals surface area contributed by atoms with Crippen LogP contribution in [0.4, 0.5) is 11.8 Å². The van der Waals surface area contributed by atoms with E-state index in [2.05, 4.69) is 32.5 Å². The Kier molecular flexibility index (Phi) is 5.21. The number of hydrogen-bond acceptors (Lipinski definition) is 5. The Morgan fingerprint density at radius 2 is 2.38 bits per heavy atom. The number of rotatable bonds is 6. The monoisotopic (exact) mass is 286 g/mol. The van der Waals surface area contributed by atoms with E-state index < -0.39 is 0 Å². The molecule has 0 unspecified atom stereocenters. The summed E-state index contributed by atoms with van der Waals surface area (Å²) in [5, 5.41) is 0. The second kappa shape index (κ2) is 6.44. The van der Waals surface area contributed by atoms with E-state index in [0.717, 1.165) is 0 Å². The molecule has 0 atom stereocenters. The molecule has 0 aromatic carbocycles. The van der Waals surface area contributed by atoms with E-state index in [4.69, 9.17) is 10.5 Å². The van der Waals surface area contributed by atoms with Gasteiger partial charge in [-0.15, -0.1) is 6.58 Å². The van der Waals surface area contributed by atoms with E-state index >= 15 is 0 Å². The number of aromatic nitrogens is 2. The van der Waals surface area contributed by atoms with Crippen LogP contribution in [0.25, 0.3) is 0 Å². The molecule has 0 radical (unpaired) electrons. The van der Waals surface area contributed by atoms with Crippen molar-refractivity contribution in [3.8, 4) is 0 Å². The van der Waals surface area contributed by atoms with Gasteiger partial charge in [0.05, 0.1) is 6.61 Å². The summed E-state index contributed by atoms with van der Waals surface area (Å²) in [5.41, 5.74) is 5.66.